The first-order valence-electron chi connectivity index (χ1n) is 5.71. The molecule has 0 radical (unpaired) electrons. The summed E-state index contributed by atoms with van der Waals surface area (Å²) in [6.07, 6.45) is 0. The first-order valence-corrected chi connectivity index (χ1v) is 6.88. The first kappa shape index (κ1) is 13.4. The Hall–Kier alpha value is -1.00. The molecule has 0 saturated carbocycles. The summed E-state index contributed by atoms with van der Waals surface area (Å²) >= 11 is 9.48. The number of aromatic nitrogens is 2. The number of halogens is 2. The van der Waals surface area contributed by atoms with Crippen molar-refractivity contribution in [2.45, 2.75) is 26.8 Å². The molecule has 0 saturated heterocycles. The third kappa shape index (κ3) is 2.27. The van der Waals surface area contributed by atoms with E-state index in [1.807, 2.05) is 29.7 Å². The van der Waals surface area contributed by atoms with E-state index in [0.29, 0.717) is 10.8 Å². The van der Waals surface area contributed by atoms with E-state index in [1.165, 1.54) is 0 Å². The summed E-state index contributed by atoms with van der Waals surface area (Å²) in [6, 6.07) is 6.02. The third-order valence-electron chi connectivity index (χ3n) is 2.83. The Morgan fingerprint density at radius 1 is 1.39 bits per heavy atom. The molecule has 1 aromatic carbocycles. The highest BCUT2D eigenvalue weighted by Gasteiger charge is 2.16. The molecule has 0 aliphatic carbocycles. The van der Waals surface area contributed by atoms with Crippen molar-refractivity contribution in [1.82, 2.24) is 9.55 Å². The number of imidazole rings is 1. The van der Waals surface area contributed by atoms with Crippen LogP contribution in [0.25, 0.3) is 11.3 Å². The monoisotopic (exact) mass is 327 g/mol. The van der Waals surface area contributed by atoms with Crippen LogP contribution < -0.4 is 5.73 Å². The molecular weight excluding hydrogens is 314 g/mol. The molecule has 18 heavy (non-hydrogen) atoms. The van der Waals surface area contributed by atoms with E-state index in [4.69, 9.17) is 17.3 Å². The molecule has 0 fully saturated rings. The Kier molecular flexibility index (Phi) is 3.69. The van der Waals surface area contributed by atoms with Gasteiger partial charge in [-0.1, -0.05) is 17.7 Å². The highest BCUT2D eigenvalue weighted by atomic mass is 79.9. The molecule has 0 spiro atoms. The number of hydrogen-bond donors (Lipinski definition) is 1. The predicted octanol–water partition coefficient (Wildman–Crippen LogP) is 4.44. The molecule has 1 aromatic heterocycles. The molecule has 1 heterocycles. The maximum absolute atomic E-state index is 6.17. The van der Waals surface area contributed by atoms with E-state index < -0.39 is 0 Å². The van der Waals surface area contributed by atoms with Gasteiger partial charge >= 0.3 is 0 Å². The smallest absolute Gasteiger partial charge is 0.131 e. The number of hydrogen-bond acceptors (Lipinski definition) is 2. The van der Waals surface area contributed by atoms with Gasteiger partial charge in [-0.05, 0) is 48.8 Å². The maximum Gasteiger partial charge on any atom is 0.131 e. The number of rotatable bonds is 2. The minimum absolute atomic E-state index is 0.289. The quantitative estimate of drug-likeness (QED) is 0.886. The van der Waals surface area contributed by atoms with Gasteiger partial charge in [0.25, 0.3) is 0 Å². The van der Waals surface area contributed by atoms with Crippen molar-refractivity contribution in [3.63, 3.8) is 0 Å². The lowest BCUT2D eigenvalue weighted by Gasteiger charge is -2.11. The normalized spacial score (nSPS) is 11.2. The Labute approximate surface area is 120 Å². The molecule has 0 atom stereocenters. The van der Waals surface area contributed by atoms with Crippen molar-refractivity contribution in [2.24, 2.45) is 0 Å². The Morgan fingerprint density at radius 3 is 2.56 bits per heavy atom. The molecule has 2 aromatic rings. The molecule has 0 amide bonds. The average molecular weight is 329 g/mol. The van der Waals surface area contributed by atoms with Gasteiger partial charge in [-0.25, -0.2) is 4.98 Å². The summed E-state index contributed by atoms with van der Waals surface area (Å²) in [4.78, 5) is 4.54. The van der Waals surface area contributed by atoms with Crippen molar-refractivity contribution < 1.29 is 0 Å². The summed E-state index contributed by atoms with van der Waals surface area (Å²) in [5.41, 5.74) is 7.89. The second kappa shape index (κ2) is 4.94. The predicted molar refractivity (Wildman–Crippen MR) is 79.9 cm³/mol. The fourth-order valence-electron chi connectivity index (χ4n) is 2.07. The number of anilines is 1. The van der Waals surface area contributed by atoms with Crippen molar-refractivity contribution in [3.8, 4) is 11.3 Å². The minimum Gasteiger partial charge on any atom is -0.383 e. The van der Waals surface area contributed by atoms with Crippen LogP contribution in [0, 0.1) is 6.92 Å². The van der Waals surface area contributed by atoms with Crippen molar-refractivity contribution in [1.29, 1.82) is 0 Å². The van der Waals surface area contributed by atoms with Gasteiger partial charge in [0.2, 0.25) is 0 Å². The van der Waals surface area contributed by atoms with E-state index in [0.717, 1.165) is 21.6 Å². The molecule has 3 nitrogen and oxygen atoms in total. The van der Waals surface area contributed by atoms with Crippen LogP contribution >= 0.6 is 27.5 Å². The Bertz CT molecular complexity index is 590. The standard InChI is InChI=1S/C13H15BrClN3/c1-7(2)18-8(3)17-12(13(18)16)9-4-5-10(14)11(15)6-9/h4-7H,16H2,1-3H3. The fourth-order valence-corrected chi connectivity index (χ4v) is 2.50. The lowest BCUT2D eigenvalue weighted by molar-refractivity contribution is 0.590. The molecule has 96 valence electrons. The van der Waals surface area contributed by atoms with Crippen LogP contribution in [0.5, 0.6) is 0 Å². The molecule has 5 heteroatoms. The van der Waals surface area contributed by atoms with Crippen LogP contribution in [0.1, 0.15) is 25.7 Å². The molecule has 0 bridgehead atoms. The lowest BCUT2D eigenvalue weighted by Crippen LogP contribution is -2.07. The van der Waals surface area contributed by atoms with E-state index in [1.54, 1.807) is 0 Å². The van der Waals surface area contributed by atoms with E-state index in [-0.39, 0.29) is 6.04 Å². The van der Waals surface area contributed by atoms with Gasteiger partial charge in [0, 0.05) is 16.1 Å². The topological polar surface area (TPSA) is 43.8 Å². The van der Waals surface area contributed by atoms with Crippen LogP contribution in [-0.4, -0.2) is 9.55 Å². The summed E-state index contributed by atoms with van der Waals surface area (Å²) in [6.45, 7) is 6.13. The number of nitrogens with zero attached hydrogens (tertiary/aromatic N) is 2. The summed E-state index contributed by atoms with van der Waals surface area (Å²) in [7, 11) is 0. The van der Waals surface area contributed by atoms with Gasteiger partial charge in [-0.15, -0.1) is 0 Å². The van der Waals surface area contributed by atoms with Gasteiger partial charge in [0.05, 0.1) is 5.02 Å². The number of nitrogens with two attached hydrogens (primary N) is 1. The van der Waals surface area contributed by atoms with Crippen molar-refractivity contribution >= 4 is 33.3 Å². The Morgan fingerprint density at radius 2 is 2.06 bits per heavy atom. The maximum atomic E-state index is 6.17. The average Bonchev–Trinajstić information content (AvgIpc) is 2.58. The van der Waals surface area contributed by atoms with E-state index in [9.17, 15) is 0 Å². The Balaban J connectivity index is 2.58. The van der Waals surface area contributed by atoms with Crippen molar-refractivity contribution in [2.75, 3.05) is 5.73 Å². The molecule has 0 unspecified atom stereocenters. The van der Waals surface area contributed by atoms with E-state index >= 15 is 0 Å². The molecular formula is C13H15BrClN3. The second-order valence-electron chi connectivity index (χ2n) is 4.49. The molecule has 0 aliphatic heterocycles. The summed E-state index contributed by atoms with van der Waals surface area (Å²) in [5, 5.41) is 0.656. The van der Waals surface area contributed by atoms with Crippen LogP contribution in [0.3, 0.4) is 0 Å². The van der Waals surface area contributed by atoms with Gasteiger partial charge in [0.1, 0.15) is 17.3 Å². The van der Waals surface area contributed by atoms with Gasteiger partial charge in [-0.2, -0.15) is 0 Å². The highest BCUT2D eigenvalue weighted by Crippen LogP contribution is 2.32. The van der Waals surface area contributed by atoms with Crippen LogP contribution in [-0.2, 0) is 0 Å². The van der Waals surface area contributed by atoms with Crippen molar-refractivity contribution in [3.05, 3.63) is 33.5 Å². The molecule has 0 aliphatic rings. The zero-order valence-electron chi connectivity index (χ0n) is 10.5. The van der Waals surface area contributed by atoms with Crippen LogP contribution in [0.4, 0.5) is 5.82 Å². The molecule has 2 rings (SSSR count). The number of nitrogen functional groups attached to an aromatic ring is 1. The largest absolute Gasteiger partial charge is 0.383 e. The minimum atomic E-state index is 0.289. The first-order chi connectivity index (χ1) is 8.41. The highest BCUT2D eigenvalue weighted by molar-refractivity contribution is 9.10. The van der Waals surface area contributed by atoms with Crippen LogP contribution in [0.2, 0.25) is 5.02 Å². The fraction of sp³-hybridized carbons (Fsp3) is 0.308. The third-order valence-corrected chi connectivity index (χ3v) is 4.07. The lowest BCUT2D eigenvalue weighted by atomic mass is 10.1. The zero-order valence-corrected chi connectivity index (χ0v) is 12.9. The van der Waals surface area contributed by atoms with E-state index in [2.05, 4.69) is 34.8 Å². The SMILES string of the molecule is Cc1nc(-c2ccc(Br)c(Cl)c2)c(N)n1C(C)C. The second-order valence-corrected chi connectivity index (χ2v) is 5.75. The van der Waals surface area contributed by atoms with Gasteiger partial charge in [0.15, 0.2) is 0 Å². The zero-order chi connectivity index (χ0) is 13.4. The van der Waals surface area contributed by atoms with Gasteiger partial charge in [-0.3, -0.25) is 0 Å². The van der Waals surface area contributed by atoms with Gasteiger partial charge < -0.3 is 10.3 Å². The summed E-state index contributed by atoms with van der Waals surface area (Å²) < 4.78 is 2.89. The van der Waals surface area contributed by atoms with Crippen LogP contribution in [0.15, 0.2) is 22.7 Å². The molecule has 2 N–H and O–H groups in total. The summed E-state index contributed by atoms with van der Waals surface area (Å²) in [5.74, 6) is 1.59. The number of benzene rings is 1. The number of aryl methyl sites for hydroxylation is 1.